The minimum Gasteiger partial charge on any atom is -0.496 e. The van der Waals surface area contributed by atoms with Gasteiger partial charge in [0.1, 0.15) is 12.4 Å². The molecule has 3 rings (SSSR count). The molecule has 0 saturated heterocycles. The summed E-state index contributed by atoms with van der Waals surface area (Å²) in [6.45, 7) is 2.98. The first-order valence-electron chi connectivity index (χ1n) is 15.7. The van der Waals surface area contributed by atoms with E-state index >= 15 is 0 Å². The van der Waals surface area contributed by atoms with Gasteiger partial charge in [-0.25, -0.2) is 4.79 Å². The lowest BCUT2D eigenvalue weighted by Gasteiger charge is -2.44. The summed E-state index contributed by atoms with van der Waals surface area (Å²) in [6, 6.07) is 27.1. The second-order valence-corrected chi connectivity index (χ2v) is 10.6. The number of ether oxygens (including phenoxy) is 3. The molecular formula is C37H46N2O6. The lowest BCUT2D eigenvalue weighted by Crippen LogP contribution is -2.59. The van der Waals surface area contributed by atoms with Crippen LogP contribution in [-0.4, -0.2) is 56.8 Å². The number of para-hydroxylation sites is 1. The molecule has 1 N–H and O–H groups in total. The first-order chi connectivity index (χ1) is 22.0. The fourth-order valence-electron chi connectivity index (χ4n) is 5.39. The van der Waals surface area contributed by atoms with Crippen molar-refractivity contribution < 1.29 is 28.6 Å². The van der Waals surface area contributed by atoms with Crippen LogP contribution in [0.25, 0.3) is 0 Å². The van der Waals surface area contributed by atoms with E-state index in [4.69, 9.17) is 9.47 Å². The number of aryl methyl sites for hydroxylation is 1. The molecule has 3 aromatic carbocycles. The average Bonchev–Trinajstić information content (AvgIpc) is 3.08. The summed E-state index contributed by atoms with van der Waals surface area (Å²) in [5.74, 6) is 0.158. The van der Waals surface area contributed by atoms with Crippen LogP contribution in [0.15, 0.2) is 97.1 Å². The number of allylic oxidation sites excluding steroid dienone is 1. The third kappa shape index (κ3) is 9.70. The van der Waals surface area contributed by atoms with Crippen LogP contribution in [0.4, 0.5) is 4.79 Å². The lowest BCUT2D eigenvalue weighted by molar-refractivity contribution is -0.146. The largest absolute Gasteiger partial charge is 0.508 e. The summed E-state index contributed by atoms with van der Waals surface area (Å²) in [4.78, 5) is 42.0. The molecule has 240 valence electrons. The van der Waals surface area contributed by atoms with Crippen LogP contribution in [0.3, 0.4) is 0 Å². The van der Waals surface area contributed by atoms with Gasteiger partial charge < -0.3 is 24.4 Å². The summed E-state index contributed by atoms with van der Waals surface area (Å²) in [6.07, 6.45) is 7.54. The molecule has 2 amide bonds. The van der Waals surface area contributed by atoms with Crippen molar-refractivity contribution in [3.63, 3.8) is 0 Å². The van der Waals surface area contributed by atoms with E-state index in [2.05, 4.69) is 29.1 Å². The molecule has 0 heterocycles. The molecule has 3 aromatic rings. The van der Waals surface area contributed by atoms with E-state index in [9.17, 15) is 14.4 Å². The molecular weight excluding hydrogens is 568 g/mol. The standard InChI is InChI=1S/C37H46N2O6/c1-4-5-28-39(34(40)26-18-21-30-19-10-8-11-20-30)37(31-22-12-9-13-23-31,32-24-14-15-25-33(32)43-2)35(41)38-27-16-6-7-17-29-45-36(42)44-3/h7-15,17,19-20,22-25H,4-6,16,18,21,26-29H2,1-3H3,(H,38,41)/b17-7+. The Morgan fingerprint density at radius 2 is 1.53 bits per heavy atom. The molecule has 0 fully saturated rings. The zero-order chi connectivity index (χ0) is 32.3. The van der Waals surface area contributed by atoms with E-state index in [1.165, 1.54) is 12.7 Å². The number of carbonyl (C=O) groups is 3. The Hall–Kier alpha value is -4.59. The third-order valence-electron chi connectivity index (χ3n) is 7.62. The minimum atomic E-state index is -1.46. The van der Waals surface area contributed by atoms with Crippen molar-refractivity contribution in [1.29, 1.82) is 0 Å². The van der Waals surface area contributed by atoms with Gasteiger partial charge in [0.05, 0.1) is 14.2 Å². The lowest BCUT2D eigenvalue weighted by atomic mass is 9.78. The highest BCUT2D eigenvalue weighted by atomic mass is 16.7. The van der Waals surface area contributed by atoms with Gasteiger partial charge in [-0.3, -0.25) is 9.59 Å². The number of unbranched alkanes of at least 4 members (excludes halogenated alkanes) is 2. The molecule has 8 heteroatoms. The van der Waals surface area contributed by atoms with Gasteiger partial charge in [-0.15, -0.1) is 0 Å². The van der Waals surface area contributed by atoms with Crippen molar-refractivity contribution in [2.45, 2.75) is 57.4 Å². The summed E-state index contributed by atoms with van der Waals surface area (Å²) >= 11 is 0. The number of carbonyl (C=O) groups excluding carboxylic acids is 3. The van der Waals surface area contributed by atoms with Crippen LogP contribution >= 0.6 is 0 Å². The summed E-state index contributed by atoms with van der Waals surface area (Å²) in [7, 11) is 2.84. The number of hydrogen-bond acceptors (Lipinski definition) is 6. The van der Waals surface area contributed by atoms with Crippen molar-refractivity contribution in [2.75, 3.05) is 33.9 Å². The third-order valence-corrected chi connectivity index (χ3v) is 7.62. The fraction of sp³-hybridized carbons (Fsp3) is 0.378. The Morgan fingerprint density at radius 3 is 2.22 bits per heavy atom. The van der Waals surface area contributed by atoms with Crippen LogP contribution in [0.1, 0.15) is 62.1 Å². The van der Waals surface area contributed by atoms with E-state index in [-0.39, 0.29) is 18.4 Å². The molecule has 0 aliphatic rings. The van der Waals surface area contributed by atoms with Gasteiger partial charge in [-0.2, -0.15) is 0 Å². The number of rotatable bonds is 18. The Balaban J connectivity index is 1.97. The minimum absolute atomic E-state index is 0.0853. The van der Waals surface area contributed by atoms with E-state index in [1.807, 2.05) is 78.9 Å². The van der Waals surface area contributed by atoms with Crippen molar-refractivity contribution >= 4 is 18.0 Å². The molecule has 1 atom stereocenters. The molecule has 0 aliphatic carbocycles. The van der Waals surface area contributed by atoms with Crippen LogP contribution in [0.2, 0.25) is 0 Å². The number of benzene rings is 3. The average molecular weight is 615 g/mol. The van der Waals surface area contributed by atoms with Gasteiger partial charge in [0, 0.05) is 25.1 Å². The number of methoxy groups -OCH3 is 2. The molecule has 0 saturated carbocycles. The SMILES string of the molecule is CCCCN(C(=O)CCCc1ccccc1)C(C(=O)NCCC/C=C/COC(=O)OC)(c1ccccc1)c1ccccc1OC. The zero-order valence-electron chi connectivity index (χ0n) is 26.7. The van der Waals surface area contributed by atoms with Crippen molar-refractivity contribution in [3.8, 4) is 5.75 Å². The molecule has 0 aromatic heterocycles. The Labute approximate surface area is 267 Å². The van der Waals surface area contributed by atoms with Gasteiger partial charge in [0.15, 0.2) is 5.54 Å². The van der Waals surface area contributed by atoms with Gasteiger partial charge in [0.25, 0.3) is 5.91 Å². The maximum atomic E-state index is 14.7. The first-order valence-corrected chi connectivity index (χ1v) is 15.7. The van der Waals surface area contributed by atoms with E-state index < -0.39 is 11.7 Å². The molecule has 0 spiro atoms. The predicted molar refractivity (Wildman–Crippen MR) is 176 cm³/mol. The topological polar surface area (TPSA) is 94.2 Å². The summed E-state index contributed by atoms with van der Waals surface area (Å²) in [5.41, 5.74) is 1.02. The zero-order valence-corrected chi connectivity index (χ0v) is 26.7. The van der Waals surface area contributed by atoms with Gasteiger partial charge >= 0.3 is 6.16 Å². The van der Waals surface area contributed by atoms with Crippen LogP contribution < -0.4 is 10.1 Å². The first kappa shape index (κ1) is 34.9. The highest BCUT2D eigenvalue weighted by molar-refractivity contribution is 5.96. The maximum absolute atomic E-state index is 14.7. The van der Waals surface area contributed by atoms with Crippen LogP contribution in [0.5, 0.6) is 5.75 Å². The smallest absolute Gasteiger partial charge is 0.496 e. The monoisotopic (exact) mass is 614 g/mol. The van der Waals surface area contributed by atoms with Crippen LogP contribution in [-0.2, 0) is 31.0 Å². The van der Waals surface area contributed by atoms with E-state index in [1.54, 1.807) is 18.1 Å². The van der Waals surface area contributed by atoms with Gasteiger partial charge in [-0.1, -0.05) is 104 Å². The summed E-state index contributed by atoms with van der Waals surface area (Å²) < 4.78 is 15.2. The second kappa shape index (κ2) is 18.9. The van der Waals surface area contributed by atoms with Crippen molar-refractivity contribution in [2.24, 2.45) is 0 Å². The van der Waals surface area contributed by atoms with Gasteiger partial charge in [0.2, 0.25) is 5.91 Å². The van der Waals surface area contributed by atoms with E-state index in [0.29, 0.717) is 55.6 Å². The van der Waals surface area contributed by atoms with Crippen molar-refractivity contribution in [1.82, 2.24) is 10.2 Å². The quantitative estimate of drug-likeness (QED) is 0.0960. The number of nitrogens with one attached hydrogen (secondary N) is 1. The molecule has 8 nitrogen and oxygen atoms in total. The normalized spacial score (nSPS) is 12.2. The summed E-state index contributed by atoms with van der Waals surface area (Å²) in [5, 5.41) is 3.16. The number of amides is 2. The molecule has 45 heavy (non-hydrogen) atoms. The molecule has 0 bridgehead atoms. The Bertz CT molecular complexity index is 1360. The Morgan fingerprint density at radius 1 is 0.844 bits per heavy atom. The highest BCUT2D eigenvalue weighted by Crippen LogP contribution is 2.42. The van der Waals surface area contributed by atoms with Gasteiger partial charge in [-0.05, 0) is 49.3 Å². The second-order valence-electron chi connectivity index (χ2n) is 10.6. The fourth-order valence-corrected chi connectivity index (χ4v) is 5.39. The maximum Gasteiger partial charge on any atom is 0.508 e. The van der Waals surface area contributed by atoms with E-state index in [0.717, 1.165) is 19.3 Å². The molecule has 0 radical (unpaired) electrons. The Kier molecular flexibility index (Phi) is 14.7. The molecule has 1 unspecified atom stereocenters. The van der Waals surface area contributed by atoms with Crippen molar-refractivity contribution in [3.05, 3.63) is 114 Å². The highest BCUT2D eigenvalue weighted by Gasteiger charge is 2.50. The molecule has 0 aliphatic heterocycles. The predicted octanol–water partition coefficient (Wildman–Crippen LogP) is 6.83. The van der Waals surface area contributed by atoms with Crippen LogP contribution in [0, 0.1) is 0 Å². The number of nitrogens with zero attached hydrogens (tertiary/aromatic N) is 1. The number of hydrogen-bond donors (Lipinski definition) is 1.